The van der Waals surface area contributed by atoms with E-state index in [2.05, 4.69) is 15.3 Å². The minimum atomic E-state index is -1.00. The number of nitrogens with one attached hydrogen (secondary N) is 1. The maximum Gasteiger partial charge on any atom is 0.336 e. The van der Waals surface area contributed by atoms with Crippen molar-refractivity contribution < 1.29 is 19.1 Å². The van der Waals surface area contributed by atoms with Crippen LogP contribution in [0.15, 0.2) is 88.5 Å². The van der Waals surface area contributed by atoms with Gasteiger partial charge in [-0.05, 0) is 36.4 Å². The van der Waals surface area contributed by atoms with Crippen molar-refractivity contribution in [2.24, 2.45) is 0 Å². The molecule has 1 amide bonds. The number of aromatic nitrogens is 2. The number of carboxylic acids is 1. The number of carbonyl (C=O) groups excluding carboxylic acids is 1. The summed E-state index contributed by atoms with van der Waals surface area (Å²) in [6.45, 7) is 0. The number of anilines is 1. The largest absolute Gasteiger partial charge is 0.478 e. The van der Waals surface area contributed by atoms with Crippen molar-refractivity contribution in [3.05, 3.63) is 84.4 Å². The second-order valence-corrected chi connectivity index (χ2v) is 8.17. The highest BCUT2D eigenvalue weighted by Gasteiger charge is 2.13. The number of benzene rings is 3. The molecule has 2 aromatic heterocycles. The maximum atomic E-state index is 12.3. The summed E-state index contributed by atoms with van der Waals surface area (Å²) in [7, 11) is 0. The summed E-state index contributed by atoms with van der Waals surface area (Å²) in [6.07, 6.45) is 0. The number of nitrogens with zero attached hydrogens (tertiary/aromatic N) is 2. The number of aromatic carboxylic acids is 1. The van der Waals surface area contributed by atoms with Crippen LogP contribution in [-0.4, -0.2) is 32.7 Å². The molecule has 0 saturated heterocycles. The Kier molecular flexibility index (Phi) is 5.50. The Balaban J connectivity index is 1.28. The molecule has 0 spiro atoms. The van der Waals surface area contributed by atoms with Gasteiger partial charge in [0.1, 0.15) is 5.52 Å². The van der Waals surface area contributed by atoms with Gasteiger partial charge < -0.3 is 14.8 Å². The smallest absolute Gasteiger partial charge is 0.336 e. The van der Waals surface area contributed by atoms with E-state index in [1.807, 2.05) is 30.3 Å². The van der Waals surface area contributed by atoms with E-state index in [4.69, 9.17) is 4.42 Å². The number of pyridine rings is 1. The number of thioether (sulfide) groups is 1. The van der Waals surface area contributed by atoms with Crippen molar-refractivity contribution in [3.63, 3.8) is 0 Å². The highest BCUT2D eigenvalue weighted by atomic mass is 32.2. The van der Waals surface area contributed by atoms with Crippen LogP contribution in [0.5, 0.6) is 0 Å². The number of carboxylic acid groups (broad SMARTS) is 1. The molecule has 0 saturated carbocycles. The average Bonchev–Trinajstić information content (AvgIpc) is 3.25. The van der Waals surface area contributed by atoms with Crippen LogP contribution in [0.3, 0.4) is 0 Å². The lowest BCUT2D eigenvalue weighted by Gasteiger charge is -2.08. The van der Waals surface area contributed by atoms with E-state index in [0.29, 0.717) is 33.1 Å². The summed E-state index contributed by atoms with van der Waals surface area (Å²) in [4.78, 5) is 33.0. The minimum Gasteiger partial charge on any atom is -0.478 e. The highest BCUT2D eigenvalue weighted by molar-refractivity contribution is 7.99. The number of hydrogen-bond acceptors (Lipinski definition) is 6. The molecule has 0 fully saturated rings. The van der Waals surface area contributed by atoms with Gasteiger partial charge in [0.2, 0.25) is 5.91 Å². The van der Waals surface area contributed by atoms with E-state index in [1.54, 1.807) is 48.5 Å². The topological polar surface area (TPSA) is 105 Å². The standard InChI is InChI=1S/C25H17N3O4S/c29-23(14-33-25-28-20-7-3-4-8-22(20)32-25)26-16-11-9-15(10-12-16)21-13-18(24(30)31)17-5-1-2-6-19(17)27-21/h1-13H,14H2,(H,26,29)(H,30,31). The van der Waals surface area contributed by atoms with Crippen molar-refractivity contribution in [1.82, 2.24) is 9.97 Å². The van der Waals surface area contributed by atoms with Gasteiger partial charge >= 0.3 is 5.97 Å². The fraction of sp³-hybridized carbons (Fsp3) is 0.0400. The molecule has 0 radical (unpaired) electrons. The fourth-order valence-corrected chi connectivity index (χ4v) is 4.10. The Labute approximate surface area is 192 Å². The lowest BCUT2D eigenvalue weighted by atomic mass is 10.0. The van der Waals surface area contributed by atoms with Crippen LogP contribution in [0.4, 0.5) is 5.69 Å². The van der Waals surface area contributed by atoms with Crippen LogP contribution >= 0.6 is 11.8 Å². The van der Waals surface area contributed by atoms with Crippen LogP contribution in [0.25, 0.3) is 33.3 Å². The number of oxazole rings is 1. The zero-order valence-electron chi connectivity index (χ0n) is 17.2. The summed E-state index contributed by atoms with van der Waals surface area (Å²) in [5, 5.41) is 13.5. The van der Waals surface area contributed by atoms with Crippen LogP contribution < -0.4 is 5.32 Å². The third-order valence-corrected chi connectivity index (χ3v) is 5.84. The van der Waals surface area contributed by atoms with Crippen molar-refractivity contribution >= 4 is 51.3 Å². The van der Waals surface area contributed by atoms with Crippen LogP contribution in [0.2, 0.25) is 0 Å². The molecular formula is C25H17N3O4S. The number of rotatable bonds is 6. The zero-order valence-corrected chi connectivity index (χ0v) is 18.0. The van der Waals surface area contributed by atoms with Gasteiger partial charge in [0.15, 0.2) is 5.58 Å². The summed E-state index contributed by atoms with van der Waals surface area (Å²) in [5.74, 6) is -1.04. The summed E-state index contributed by atoms with van der Waals surface area (Å²) < 4.78 is 5.61. The molecule has 162 valence electrons. The summed E-state index contributed by atoms with van der Waals surface area (Å²) >= 11 is 1.22. The van der Waals surface area contributed by atoms with Gasteiger partial charge in [-0.25, -0.2) is 14.8 Å². The second-order valence-electron chi connectivity index (χ2n) is 7.24. The Morgan fingerprint density at radius 1 is 0.909 bits per heavy atom. The monoisotopic (exact) mass is 455 g/mol. The average molecular weight is 455 g/mol. The number of fused-ring (bicyclic) bond motifs is 2. The van der Waals surface area contributed by atoms with Crippen molar-refractivity contribution in [1.29, 1.82) is 0 Å². The molecule has 3 aromatic carbocycles. The molecule has 0 unspecified atom stereocenters. The number of amides is 1. The molecule has 2 N–H and O–H groups in total. The number of hydrogen-bond donors (Lipinski definition) is 2. The highest BCUT2D eigenvalue weighted by Crippen LogP contribution is 2.27. The third-order valence-electron chi connectivity index (χ3n) is 5.01. The van der Waals surface area contributed by atoms with E-state index in [-0.39, 0.29) is 17.2 Å². The second kappa shape index (κ2) is 8.76. The van der Waals surface area contributed by atoms with E-state index in [0.717, 1.165) is 11.1 Å². The van der Waals surface area contributed by atoms with Gasteiger partial charge in [-0.1, -0.05) is 54.2 Å². The first kappa shape index (κ1) is 20.7. The molecule has 5 aromatic rings. The van der Waals surface area contributed by atoms with Crippen molar-refractivity contribution in [2.75, 3.05) is 11.1 Å². The lowest BCUT2D eigenvalue weighted by Crippen LogP contribution is -2.13. The third kappa shape index (κ3) is 4.42. The lowest BCUT2D eigenvalue weighted by molar-refractivity contribution is -0.113. The molecule has 33 heavy (non-hydrogen) atoms. The molecule has 0 bridgehead atoms. The molecule has 0 aliphatic heterocycles. The molecule has 2 heterocycles. The molecular weight excluding hydrogens is 438 g/mol. The zero-order chi connectivity index (χ0) is 22.8. The molecule has 0 aliphatic rings. The molecule has 7 nitrogen and oxygen atoms in total. The molecule has 8 heteroatoms. The van der Waals surface area contributed by atoms with Gasteiger partial charge in [-0.15, -0.1) is 0 Å². The van der Waals surface area contributed by atoms with Gasteiger partial charge in [0.05, 0.1) is 22.5 Å². The normalized spacial score (nSPS) is 11.0. The van der Waals surface area contributed by atoms with E-state index in [9.17, 15) is 14.7 Å². The fourth-order valence-electron chi connectivity index (χ4n) is 3.46. The molecule has 0 aliphatic carbocycles. The molecule has 5 rings (SSSR count). The van der Waals surface area contributed by atoms with E-state index in [1.165, 1.54) is 11.8 Å². The first-order valence-electron chi connectivity index (χ1n) is 10.1. The van der Waals surface area contributed by atoms with Gasteiger partial charge in [-0.3, -0.25) is 4.79 Å². The van der Waals surface area contributed by atoms with Crippen LogP contribution in [0, 0.1) is 0 Å². The maximum absolute atomic E-state index is 12.3. The predicted molar refractivity (Wildman–Crippen MR) is 128 cm³/mol. The summed E-state index contributed by atoms with van der Waals surface area (Å²) in [5.41, 5.74) is 4.18. The predicted octanol–water partition coefficient (Wildman–Crippen LogP) is 5.47. The van der Waals surface area contributed by atoms with Crippen molar-refractivity contribution in [2.45, 2.75) is 5.22 Å². The number of carbonyl (C=O) groups is 2. The van der Waals surface area contributed by atoms with Gasteiger partial charge in [-0.2, -0.15) is 0 Å². The Bertz CT molecular complexity index is 1460. The minimum absolute atomic E-state index is 0.156. The Hall–Kier alpha value is -4.17. The summed E-state index contributed by atoms with van der Waals surface area (Å²) in [6, 6.07) is 23.3. The van der Waals surface area contributed by atoms with Crippen LogP contribution in [-0.2, 0) is 4.79 Å². The quantitative estimate of drug-likeness (QED) is 0.327. The molecule has 0 atom stereocenters. The van der Waals surface area contributed by atoms with Crippen molar-refractivity contribution in [3.8, 4) is 11.3 Å². The van der Waals surface area contributed by atoms with E-state index >= 15 is 0 Å². The Morgan fingerprint density at radius 2 is 1.64 bits per heavy atom. The van der Waals surface area contributed by atoms with Gasteiger partial charge in [0.25, 0.3) is 5.22 Å². The first-order valence-corrected chi connectivity index (χ1v) is 11.1. The van der Waals surface area contributed by atoms with Crippen LogP contribution in [0.1, 0.15) is 10.4 Å². The first-order chi connectivity index (χ1) is 16.1. The van der Waals surface area contributed by atoms with Gasteiger partial charge in [0, 0.05) is 16.6 Å². The SMILES string of the molecule is O=C(CSc1nc2ccccc2o1)Nc1ccc(-c2cc(C(=O)O)c3ccccc3n2)cc1. The number of para-hydroxylation sites is 3. The van der Waals surface area contributed by atoms with E-state index < -0.39 is 5.97 Å². The Morgan fingerprint density at radius 3 is 2.39 bits per heavy atom.